The lowest BCUT2D eigenvalue weighted by Crippen LogP contribution is -2.08. The van der Waals surface area contributed by atoms with E-state index in [9.17, 15) is 0 Å². The maximum absolute atomic E-state index is 9.15. The predicted molar refractivity (Wildman–Crippen MR) is 49.8 cm³/mol. The third-order valence-electron chi connectivity index (χ3n) is 1.72. The van der Waals surface area contributed by atoms with Gasteiger partial charge in [0, 0.05) is 6.04 Å². The SMILES string of the molecule is C=CCC(N)c1cccc(O)c1. The van der Waals surface area contributed by atoms with Gasteiger partial charge in [-0.1, -0.05) is 18.2 Å². The van der Waals surface area contributed by atoms with E-state index in [1.165, 1.54) is 0 Å². The summed E-state index contributed by atoms with van der Waals surface area (Å²) in [7, 11) is 0. The second-order valence-corrected chi connectivity index (χ2v) is 2.73. The molecule has 1 unspecified atom stereocenters. The van der Waals surface area contributed by atoms with Gasteiger partial charge in [-0.05, 0) is 24.1 Å². The van der Waals surface area contributed by atoms with Crippen molar-refractivity contribution in [2.75, 3.05) is 0 Å². The summed E-state index contributed by atoms with van der Waals surface area (Å²) in [5, 5.41) is 9.15. The van der Waals surface area contributed by atoms with Crippen molar-refractivity contribution in [3.05, 3.63) is 42.5 Å². The van der Waals surface area contributed by atoms with Gasteiger partial charge in [0.2, 0.25) is 0 Å². The zero-order chi connectivity index (χ0) is 8.97. The second-order valence-electron chi connectivity index (χ2n) is 2.73. The minimum absolute atomic E-state index is 0.0606. The summed E-state index contributed by atoms with van der Waals surface area (Å²) in [6, 6.07) is 6.93. The molecule has 0 aromatic heterocycles. The van der Waals surface area contributed by atoms with Gasteiger partial charge in [-0.3, -0.25) is 0 Å². The van der Waals surface area contributed by atoms with E-state index in [2.05, 4.69) is 6.58 Å². The first-order valence-corrected chi connectivity index (χ1v) is 3.89. The molecule has 0 fully saturated rings. The summed E-state index contributed by atoms with van der Waals surface area (Å²) in [5.41, 5.74) is 6.73. The molecule has 1 aromatic rings. The normalized spacial score (nSPS) is 12.4. The smallest absolute Gasteiger partial charge is 0.115 e. The van der Waals surface area contributed by atoms with Gasteiger partial charge in [0.05, 0.1) is 0 Å². The lowest BCUT2D eigenvalue weighted by Gasteiger charge is -2.08. The van der Waals surface area contributed by atoms with E-state index in [-0.39, 0.29) is 11.8 Å². The molecule has 1 atom stereocenters. The molecule has 0 heterocycles. The zero-order valence-electron chi connectivity index (χ0n) is 6.90. The van der Waals surface area contributed by atoms with E-state index in [4.69, 9.17) is 10.8 Å². The lowest BCUT2D eigenvalue weighted by molar-refractivity contribution is 0.473. The molecule has 0 aliphatic rings. The Hall–Kier alpha value is -1.28. The van der Waals surface area contributed by atoms with E-state index in [1.54, 1.807) is 24.3 Å². The van der Waals surface area contributed by atoms with Gasteiger partial charge in [-0.2, -0.15) is 0 Å². The molecule has 0 radical (unpaired) electrons. The highest BCUT2D eigenvalue weighted by Crippen LogP contribution is 2.18. The molecule has 3 N–H and O–H groups in total. The Morgan fingerprint density at radius 3 is 2.92 bits per heavy atom. The van der Waals surface area contributed by atoms with Crippen LogP contribution in [0.4, 0.5) is 0 Å². The molecule has 0 amide bonds. The highest BCUT2D eigenvalue weighted by Gasteiger charge is 2.03. The molecule has 0 saturated heterocycles. The predicted octanol–water partition coefficient (Wildman–Crippen LogP) is 1.97. The van der Waals surface area contributed by atoms with Gasteiger partial charge in [-0.15, -0.1) is 6.58 Å². The van der Waals surface area contributed by atoms with Gasteiger partial charge < -0.3 is 10.8 Å². The van der Waals surface area contributed by atoms with E-state index in [0.29, 0.717) is 0 Å². The van der Waals surface area contributed by atoms with Gasteiger partial charge in [-0.25, -0.2) is 0 Å². The van der Waals surface area contributed by atoms with Crippen molar-refractivity contribution < 1.29 is 5.11 Å². The van der Waals surface area contributed by atoms with Crippen molar-refractivity contribution in [3.63, 3.8) is 0 Å². The summed E-state index contributed by atoms with van der Waals surface area (Å²) >= 11 is 0. The minimum Gasteiger partial charge on any atom is -0.508 e. The summed E-state index contributed by atoms with van der Waals surface area (Å²) < 4.78 is 0. The molecule has 0 aliphatic carbocycles. The van der Waals surface area contributed by atoms with Crippen LogP contribution in [-0.2, 0) is 0 Å². The van der Waals surface area contributed by atoms with Gasteiger partial charge in [0.15, 0.2) is 0 Å². The second kappa shape index (κ2) is 3.93. The van der Waals surface area contributed by atoms with Crippen LogP contribution in [0.25, 0.3) is 0 Å². The molecule has 12 heavy (non-hydrogen) atoms. The van der Waals surface area contributed by atoms with Crippen molar-refractivity contribution in [1.82, 2.24) is 0 Å². The number of benzene rings is 1. The number of phenols is 1. The van der Waals surface area contributed by atoms with Crippen LogP contribution in [0.5, 0.6) is 5.75 Å². The Labute approximate surface area is 72.3 Å². The number of phenolic OH excluding ortho intramolecular Hbond substituents is 1. The Balaban J connectivity index is 2.80. The molecule has 64 valence electrons. The minimum atomic E-state index is -0.0606. The van der Waals surface area contributed by atoms with Crippen LogP contribution in [0.1, 0.15) is 18.0 Å². The fourth-order valence-electron chi connectivity index (χ4n) is 1.07. The molecule has 2 heteroatoms. The maximum atomic E-state index is 9.15. The molecule has 0 spiro atoms. The first kappa shape index (κ1) is 8.81. The van der Waals surface area contributed by atoms with Gasteiger partial charge in [0.25, 0.3) is 0 Å². The van der Waals surface area contributed by atoms with Crippen LogP contribution in [0.2, 0.25) is 0 Å². The first-order valence-electron chi connectivity index (χ1n) is 3.89. The lowest BCUT2D eigenvalue weighted by atomic mass is 10.0. The van der Waals surface area contributed by atoms with Crippen LogP contribution in [0.3, 0.4) is 0 Å². The Kier molecular flexibility index (Phi) is 2.88. The van der Waals surface area contributed by atoms with Crippen molar-refractivity contribution in [2.45, 2.75) is 12.5 Å². The number of nitrogens with two attached hydrogens (primary N) is 1. The fourth-order valence-corrected chi connectivity index (χ4v) is 1.07. The fraction of sp³-hybridized carbons (Fsp3) is 0.200. The van der Waals surface area contributed by atoms with E-state index >= 15 is 0 Å². The number of hydrogen-bond acceptors (Lipinski definition) is 2. The van der Waals surface area contributed by atoms with Crippen LogP contribution in [-0.4, -0.2) is 5.11 Å². The monoisotopic (exact) mass is 163 g/mol. The summed E-state index contributed by atoms with van der Waals surface area (Å²) in [4.78, 5) is 0. The van der Waals surface area contributed by atoms with Gasteiger partial charge >= 0.3 is 0 Å². The standard InChI is InChI=1S/C10H13NO/c1-2-4-10(11)8-5-3-6-9(12)7-8/h2-3,5-7,10,12H,1,4,11H2. The van der Waals surface area contributed by atoms with Gasteiger partial charge in [0.1, 0.15) is 5.75 Å². The molecule has 2 nitrogen and oxygen atoms in total. The van der Waals surface area contributed by atoms with Crippen molar-refractivity contribution in [2.24, 2.45) is 5.73 Å². The topological polar surface area (TPSA) is 46.2 Å². The summed E-state index contributed by atoms with van der Waals surface area (Å²) in [6.07, 6.45) is 2.50. The van der Waals surface area contributed by atoms with Crippen molar-refractivity contribution in [3.8, 4) is 5.75 Å². The van der Waals surface area contributed by atoms with E-state index in [1.807, 2.05) is 6.07 Å². The zero-order valence-corrected chi connectivity index (χ0v) is 6.90. The highest BCUT2D eigenvalue weighted by atomic mass is 16.3. The van der Waals surface area contributed by atoms with Crippen molar-refractivity contribution >= 4 is 0 Å². The molecular formula is C10H13NO. The third-order valence-corrected chi connectivity index (χ3v) is 1.72. The first-order chi connectivity index (χ1) is 5.74. The summed E-state index contributed by atoms with van der Waals surface area (Å²) in [5.74, 6) is 0.256. The Bertz CT molecular complexity index is 270. The number of aromatic hydroxyl groups is 1. The molecule has 1 aromatic carbocycles. The highest BCUT2D eigenvalue weighted by molar-refractivity contribution is 5.29. The van der Waals surface area contributed by atoms with Crippen LogP contribution >= 0.6 is 0 Å². The maximum Gasteiger partial charge on any atom is 0.115 e. The largest absolute Gasteiger partial charge is 0.508 e. The third kappa shape index (κ3) is 2.10. The Morgan fingerprint density at radius 1 is 1.58 bits per heavy atom. The van der Waals surface area contributed by atoms with Crippen LogP contribution in [0.15, 0.2) is 36.9 Å². The van der Waals surface area contributed by atoms with Crippen molar-refractivity contribution in [1.29, 1.82) is 0 Å². The van der Waals surface area contributed by atoms with E-state index in [0.717, 1.165) is 12.0 Å². The van der Waals surface area contributed by atoms with E-state index < -0.39 is 0 Å². The number of hydrogen-bond donors (Lipinski definition) is 2. The average Bonchev–Trinajstić information content (AvgIpc) is 2.05. The quantitative estimate of drug-likeness (QED) is 0.669. The summed E-state index contributed by atoms with van der Waals surface area (Å²) in [6.45, 7) is 3.61. The Morgan fingerprint density at radius 2 is 2.33 bits per heavy atom. The molecular weight excluding hydrogens is 150 g/mol. The molecule has 0 bridgehead atoms. The molecule has 1 rings (SSSR count). The molecule has 0 aliphatic heterocycles. The van der Waals surface area contributed by atoms with Crippen LogP contribution < -0.4 is 5.73 Å². The average molecular weight is 163 g/mol. The van der Waals surface area contributed by atoms with Crippen LogP contribution in [0, 0.1) is 0 Å². The molecule has 0 saturated carbocycles. The number of rotatable bonds is 3.